The summed E-state index contributed by atoms with van der Waals surface area (Å²) in [6.45, 7) is 8.31. The Bertz CT molecular complexity index is 1080. The van der Waals surface area contributed by atoms with Crippen molar-refractivity contribution in [2.45, 2.75) is 46.7 Å². The molecule has 0 fully saturated rings. The number of rotatable bonds is 6. The first kappa shape index (κ1) is 20.8. The summed E-state index contributed by atoms with van der Waals surface area (Å²) in [5, 5.41) is 11.1. The number of carbonyl (C=O) groups excluding carboxylic acids is 1. The van der Waals surface area contributed by atoms with E-state index in [2.05, 4.69) is 37.2 Å². The quantitative estimate of drug-likeness (QED) is 0.721. The van der Waals surface area contributed by atoms with Gasteiger partial charge in [-0.3, -0.25) is 4.99 Å². The number of hydrogen-bond donors (Lipinski definition) is 1. The molecule has 0 saturated heterocycles. The van der Waals surface area contributed by atoms with E-state index < -0.39 is 5.97 Å². The number of nitrogens with two attached hydrogens (primary N) is 1. The van der Waals surface area contributed by atoms with Crippen LogP contribution < -0.4 is 5.73 Å². The molecule has 8 heteroatoms. The zero-order valence-corrected chi connectivity index (χ0v) is 18.4. The molecule has 0 radical (unpaired) electrons. The molecule has 2 atom stereocenters. The van der Waals surface area contributed by atoms with Gasteiger partial charge in [0.05, 0.1) is 18.5 Å². The van der Waals surface area contributed by atoms with Crippen LogP contribution in [-0.2, 0) is 11.2 Å². The number of ether oxygens (including phenoxy) is 1. The highest BCUT2D eigenvalue weighted by atomic mass is 16.5. The lowest BCUT2D eigenvalue weighted by Crippen LogP contribution is -2.35. The molecule has 2 aliphatic heterocycles. The Morgan fingerprint density at radius 1 is 1.19 bits per heavy atom. The highest BCUT2D eigenvalue weighted by Crippen LogP contribution is 2.33. The van der Waals surface area contributed by atoms with Gasteiger partial charge in [-0.15, -0.1) is 0 Å². The van der Waals surface area contributed by atoms with Crippen LogP contribution in [0.3, 0.4) is 0 Å². The lowest BCUT2D eigenvalue weighted by atomic mass is 9.91. The molecule has 0 spiro atoms. The minimum absolute atomic E-state index is 0.0218. The fourth-order valence-electron chi connectivity index (χ4n) is 4.17. The van der Waals surface area contributed by atoms with Crippen molar-refractivity contribution in [3.8, 4) is 5.69 Å². The monoisotopic (exact) mass is 420 g/mol. The van der Waals surface area contributed by atoms with Crippen molar-refractivity contribution in [3.05, 3.63) is 53.4 Å². The molecule has 4 rings (SSSR count). The third-order valence-electron chi connectivity index (χ3n) is 5.69. The third-order valence-corrected chi connectivity index (χ3v) is 5.69. The Kier molecular flexibility index (Phi) is 5.63. The van der Waals surface area contributed by atoms with Crippen LogP contribution in [0.4, 0.5) is 5.82 Å². The summed E-state index contributed by atoms with van der Waals surface area (Å²) in [5.74, 6) is 0.0414. The summed E-state index contributed by atoms with van der Waals surface area (Å²) < 4.78 is 6.58. The van der Waals surface area contributed by atoms with Crippen molar-refractivity contribution < 1.29 is 9.53 Å². The maximum atomic E-state index is 12.0. The number of hydrogen-bond acceptors (Lipinski definition) is 7. The summed E-state index contributed by atoms with van der Waals surface area (Å²) in [6.07, 6.45) is 5.29. The lowest BCUT2D eigenvalue weighted by Gasteiger charge is -2.29. The van der Waals surface area contributed by atoms with Crippen molar-refractivity contribution in [1.82, 2.24) is 14.8 Å². The van der Waals surface area contributed by atoms with E-state index in [-0.39, 0.29) is 23.5 Å². The fourth-order valence-corrected chi connectivity index (χ4v) is 4.17. The molecule has 2 N–H and O–H groups in total. The van der Waals surface area contributed by atoms with Gasteiger partial charge in [0.2, 0.25) is 0 Å². The third kappa shape index (κ3) is 3.85. The van der Waals surface area contributed by atoms with Gasteiger partial charge in [0.15, 0.2) is 0 Å². The van der Waals surface area contributed by atoms with Crippen LogP contribution in [0.1, 0.15) is 50.0 Å². The van der Waals surface area contributed by atoms with Crippen molar-refractivity contribution in [2.75, 3.05) is 12.3 Å². The molecule has 162 valence electrons. The number of benzene rings is 1. The van der Waals surface area contributed by atoms with Gasteiger partial charge in [-0.05, 0) is 57.4 Å². The van der Waals surface area contributed by atoms with Gasteiger partial charge in [-0.2, -0.15) is 10.2 Å². The molecule has 0 bridgehead atoms. The summed E-state index contributed by atoms with van der Waals surface area (Å²) in [7, 11) is 0. The molecule has 0 aliphatic carbocycles. The van der Waals surface area contributed by atoms with Crippen LogP contribution in [0.2, 0.25) is 0 Å². The number of aliphatic imine (C=N–C) groups is 1. The molecule has 2 aliphatic rings. The van der Waals surface area contributed by atoms with E-state index in [4.69, 9.17) is 20.6 Å². The minimum Gasteiger partial charge on any atom is -0.462 e. The maximum Gasteiger partial charge on any atom is 0.343 e. The van der Waals surface area contributed by atoms with Gasteiger partial charge in [0.1, 0.15) is 17.5 Å². The van der Waals surface area contributed by atoms with Crippen LogP contribution in [0.15, 0.2) is 52.3 Å². The zero-order valence-electron chi connectivity index (χ0n) is 18.4. The molecule has 3 heterocycles. The normalized spacial score (nSPS) is 20.1. The van der Waals surface area contributed by atoms with Gasteiger partial charge in [0.25, 0.3) is 0 Å². The highest BCUT2D eigenvalue weighted by molar-refractivity contribution is 5.96. The van der Waals surface area contributed by atoms with E-state index in [1.54, 1.807) is 11.6 Å². The molecule has 1 aromatic carbocycles. The Balaban J connectivity index is 1.54. The zero-order chi connectivity index (χ0) is 22.1. The Labute approximate surface area is 182 Å². The number of carbonyl (C=O) groups is 1. The van der Waals surface area contributed by atoms with Gasteiger partial charge in [-0.25, -0.2) is 14.5 Å². The second-order valence-electron chi connectivity index (χ2n) is 7.81. The Hall–Kier alpha value is -3.42. The predicted molar refractivity (Wildman–Crippen MR) is 121 cm³/mol. The maximum absolute atomic E-state index is 12.0. The Morgan fingerprint density at radius 3 is 2.61 bits per heavy atom. The standard InChI is InChI=1S/C23H28N6O2/c1-5-20-18(22-26-14(3)11-15(4)28(22)27-20)12-16-7-9-17(10-8-16)29-21(24)19(13-25-29)23(30)31-6-2/h7-11,13,18,22H,5-6,12,24H2,1-4H3. The smallest absolute Gasteiger partial charge is 0.343 e. The molecular formula is C23H28N6O2. The van der Waals surface area contributed by atoms with Gasteiger partial charge >= 0.3 is 5.97 Å². The van der Waals surface area contributed by atoms with Crippen LogP contribution in [0.25, 0.3) is 5.69 Å². The molecule has 2 aromatic rings. The summed E-state index contributed by atoms with van der Waals surface area (Å²) in [5.41, 5.74) is 11.7. The van der Waals surface area contributed by atoms with Crippen molar-refractivity contribution in [2.24, 2.45) is 16.0 Å². The lowest BCUT2D eigenvalue weighted by molar-refractivity contribution is 0.0527. The molecule has 31 heavy (non-hydrogen) atoms. The van der Waals surface area contributed by atoms with Crippen LogP contribution in [-0.4, -0.2) is 45.0 Å². The number of fused-ring (bicyclic) bond motifs is 1. The summed E-state index contributed by atoms with van der Waals surface area (Å²) in [4.78, 5) is 16.9. The molecule has 0 amide bonds. The highest BCUT2D eigenvalue weighted by Gasteiger charge is 2.38. The molecule has 1 aromatic heterocycles. The number of esters is 1. The SMILES string of the molecule is CCOC(=O)c1cnn(-c2ccc(CC3C(CC)=NN4C(C)=CC(C)=NC34)cc2)c1N. The number of anilines is 1. The molecule has 8 nitrogen and oxygen atoms in total. The molecular weight excluding hydrogens is 392 g/mol. The number of allylic oxidation sites excluding steroid dienone is 2. The Morgan fingerprint density at radius 2 is 1.94 bits per heavy atom. The van der Waals surface area contributed by atoms with E-state index in [1.807, 2.05) is 24.1 Å². The van der Waals surface area contributed by atoms with Gasteiger partial charge < -0.3 is 10.5 Å². The average molecular weight is 421 g/mol. The number of nitrogen functional groups attached to an aromatic ring is 1. The first-order valence-corrected chi connectivity index (χ1v) is 10.6. The average Bonchev–Trinajstić information content (AvgIpc) is 3.30. The summed E-state index contributed by atoms with van der Waals surface area (Å²) in [6, 6.07) is 8.06. The van der Waals surface area contributed by atoms with E-state index in [9.17, 15) is 4.79 Å². The fraction of sp³-hybridized carbons (Fsp3) is 0.391. The van der Waals surface area contributed by atoms with E-state index in [0.29, 0.717) is 6.61 Å². The van der Waals surface area contributed by atoms with E-state index >= 15 is 0 Å². The van der Waals surface area contributed by atoms with Gasteiger partial charge in [-0.1, -0.05) is 19.1 Å². The van der Waals surface area contributed by atoms with E-state index in [0.717, 1.165) is 29.9 Å². The van der Waals surface area contributed by atoms with E-state index in [1.165, 1.54) is 17.5 Å². The van der Waals surface area contributed by atoms with Crippen molar-refractivity contribution in [3.63, 3.8) is 0 Å². The number of hydrazone groups is 1. The first-order valence-electron chi connectivity index (χ1n) is 10.6. The second kappa shape index (κ2) is 8.37. The second-order valence-corrected chi connectivity index (χ2v) is 7.81. The number of aromatic nitrogens is 2. The number of nitrogens with zero attached hydrogens (tertiary/aromatic N) is 5. The first-order chi connectivity index (χ1) is 14.9. The van der Waals surface area contributed by atoms with Gasteiger partial charge in [0, 0.05) is 23.0 Å². The summed E-state index contributed by atoms with van der Waals surface area (Å²) >= 11 is 0. The van der Waals surface area contributed by atoms with Crippen LogP contribution in [0.5, 0.6) is 0 Å². The predicted octanol–water partition coefficient (Wildman–Crippen LogP) is 3.58. The topological polar surface area (TPSA) is 98.1 Å². The molecule has 0 saturated carbocycles. The van der Waals surface area contributed by atoms with Crippen molar-refractivity contribution >= 4 is 23.2 Å². The largest absolute Gasteiger partial charge is 0.462 e. The molecule has 2 unspecified atom stereocenters. The van der Waals surface area contributed by atoms with Crippen LogP contribution in [0, 0.1) is 5.92 Å². The van der Waals surface area contributed by atoms with Crippen LogP contribution >= 0.6 is 0 Å². The van der Waals surface area contributed by atoms with Crippen molar-refractivity contribution in [1.29, 1.82) is 0 Å². The minimum atomic E-state index is -0.465.